The van der Waals surface area contributed by atoms with Crippen LogP contribution < -0.4 is 5.32 Å². The average molecular weight is 228 g/mol. The van der Waals surface area contributed by atoms with Gasteiger partial charge in [0.25, 0.3) is 0 Å². The lowest BCUT2D eigenvalue weighted by molar-refractivity contribution is 0.686. The van der Waals surface area contributed by atoms with E-state index in [1.165, 1.54) is 12.8 Å². The molecule has 3 nitrogen and oxygen atoms in total. The first-order valence-electron chi connectivity index (χ1n) is 5.41. The quantitative estimate of drug-likeness (QED) is 0.575. The standard InChI is InChI=1S/C11H18ClN3/c1-10-8-14-11(15-9-10)13-7-5-3-2-4-6-12/h8-9H,2-7H2,1H3,(H,13,14,15). The minimum Gasteiger partial charge on any atom is -0.354 e. The predicted octanol–water partition coefficient (Wildman–Crippen LogP) is 3.00. The highest BCUT2D eigenvalue weighted by atomic mass is 35.5. The van der Waals surface area contributed by atoms with Gasteiger partial charge < -0.3 is 5.32 Å². The molecule has 0 saturated heterocycles. The van der Waals surface area contributed by atoms with Crippen molar-refractivity contribution in [3.05, 3.63) is 18.0 Å². The fourth-order valence-electron chi connectivity index (χ4n) is 1.26. The topological polar surface area (TPSA) is 37.8 Å². The summed E-state index contributed by atoms with van der Waals surface area (Å²) in [6.07, 6.45) is 8.33. The molecule has 0 atom stereocenters. The third-order valence-electron chi connectivity index (χ3n) is 2.12. The zero-order chi connectivity index (χ0) is 10.9. The number of halogens is 1. The number of nitrogens with zero attached hydrogens (tertiary/aromatic N) is 2. The highest BCUT2D eigenvalue weighted by Crippen LogP contribution is 2.02. The summed E-state index contributed by atoms with van der Waals surface area (Å²) in [4.78, 5) is 8.34. The molecule has 4 heteroatoms. The van der Waals surface area contributed by atoms with Crippen molar-refractivity contribution in [2.75, 3.05) is 17.7 Å². The summed E-state index contributed by atoms with van der Waals surface area (Å²) in [6, 6.07) is 0. The fourth-order valence-corrected chi connectivity index (χ4v) is 1.45. The summed E-state index contributed by atoms with van der Waals surface area (Å²) in [6.45, 7) is 2.92. The monoisotopic (exact) mass is 227 g/mol. The minimum absolute atomic E-state index is 0.720. The Morgan fingerprint density at radius 2 is 1.80 bits per heavy atom. The Morgan fingerprint density at radius 3 is 2.47 bits per heavy atom. The molecule has 0 aliphatic carbocycles. The molecule has 0 bridgehead atoms. The number of unbranched alkanes of at least 4 members (excludes halogenated alkanes) is 3. The van der Waals surface area contributed by atoms with Crippen LogP contribution in [0.3, 0.4) is 0 Å². The van der Waals surface area contributed by atoms with Crippen LogP contribution in [0.15, 0.2) is 12.4 Å². The molecule has 0 aliphatic heterocycles. The van der Waals surface area contributed by atoms with Gasteiger partial charge in [0, 0.05) is 24.8 Å². The second-order valence-electron chi connectivity index (χ2n) is 3.61. The third kappa shape index (κ3) is 5.57. The highest BCUT2D eigenvalue weighted by molar-refractivity contribution is 6.17. The van der Waals surface area contributed by atoms with Crippen molar-refractivity contribution in [3.8, 4) is 0 Å². The minimum atomic E-state index is 0.720. The van der Waals surface area contributed by atoms with Crippen molar-refractivity contribution >= 4 is 17.5 Å². The molecule has 0 aliphatic rings. The normalized spacial score (nSPS) is 10.3. The van der Waals surface area contributed by atoms with Gasteiger partial charge in [-0.25, -0.2) is 9.97 Å². The Kier molecular flexibility index (Phi) is 6.09. The molecule has 0 spiro atoms. The molecule has 1 heterocycles. The summed E-state index contributed by atoms with van der Waals surface area (Å²) in [5, 5.41) is 3.19. The van der Waals surface area contributed by atoms with Crippen molar-refractivity contribution in [2.45, 2.75) is 32.6 Å². The molecule has 1 rings (SSSR count). The van der Waals surface area contributed by atoms with Crippen LogP contribution >= 0.6 is 11.6 Å². The van der Waals surface area contributed by atoms with E-state index in [0.717, 1.165) is 36.8 Å². The molecule has 1 aromatic rings. The maximum atomic E-state index is 5.59. The molecule has 84 valence electrons. The molecule has 0 unspecified atom stereocenters. The Bertz CT molecular complexity index is 261. The number of aryl methyl sites for hydroxylation is 1. The van der Waals surface area contributed by atoms with Gasteiger partial charge in [0.1, 0.15) is 0 Å². The lowest BCUT2D eigenvalue weighted by Crippen LogP contribution is -2.05. The van der Waals surface area contributed by atoms with Gasteiger partial charge in [-0.1, -0.05) is 12.8 Å². The second kappa shape index (κ2) is 7.46. The van der Waals surface area contributed by atoms with Crippen LogP contribution in [0.1, 0.15) is 31.2 Å². The molecule has 0 aromatic carbocycles. The second-order valence-corrected chi connectivity index (χ2v) is 3.99. The molecule has 15 heavy (non-hydrogen) atoms. The van der Waals surface area contributed by atoms with Gasteiger partial charge in [-0.2, -0.15) is 0 Å². The maximum absolute atomic E-state index is 5.59. The van der Waals surface area contributed by atoms with Crippen molar-refractivity contribution in [1.82, 2.24) is 9.97 Å². The Hall–Kier alpha value is -0.830. The van der Waals surface area contributed by atoms with E-state index < -0.39 is 0 Å². The van der Waals surface area contributed by atoms with Crippen LogP contribution in [0.2, 0.25) is 0 Å². The first-order chi connectivity index (χ1) is 7.33. The first-order valence-corrected chi connectivity index (χ1v) is 5.95. The van der Waals surface area contributed by atoms with E-state index in [4.69, 9.17) is 11.6 Å². The summed E-state index contributed by atoms with van der Waals surface area (Å²) < 4.78 is 0. The Morgan fingerprint density at radius 1 is 1.13 bits per heavy atom. The van der Waals surface area contributed by atoms with Crippen LogP contribution in [-0.4, -0.2) is 22.4 Å². The Labute approximate surface area is 96.3 Å². The van der Waals surface area contributed by atoms with Crippen molar-refractivity contribution in [2.24, 2.45) is 0 Å². The van der Waals surface area contributed by atoms with Gasteiger partial charge in [0.15, 0.2) is 0 Å². The number of anilines is 1. The zero-order valence-electron chi connectivity index (χ0n) is 9.17. The number of hydrogen-bond donors (Lipinski definition) is 1. The SMILES string of the molecule is Cc1cnc(NCCCCCCCl)nc1. The summed E-state index contributed by atoms with van der Waals surface area (Å²) in [5.41, 5.74) is 1.09. The van der Waals surface area contributed by atoms with Gasteiger partial charge in [-0.3, -0.25) is 0 Å². The van der Waals surface area contributed by atoms with Gasteiger partial charge in [0.2, 0.25) is 5.95 Å². The summed E-state index contributed by atoms with van der Waals surface area (Å²) >= 11 is 5.59. The van der Waals surface area contributed by atoms with Crippen LogP contribution in [0.25, 0.3) is 0 Å². The number of alkyl halides is 1. The van der Waals surface area contributed by atoms with Crippen LogP contribution in [0.5, 0.6) is 0 Å². The van der Waals surface area contributed by atoms with Gasteiger partial charge in [-0.05, 0) is 25.3 Å². The van der Waals surface area contributed by atoms with Gasteiger partial charge in [0.05, 0.1) is 0 Å². The number of nitrogens with one attached hydrogen (secondary N) is 1. The Balaban J connectivity index is 2.07. The summed E-state index contributed by atoms with van der Waals surface area (Å²) in [5.74, 6) is 1.49. The molecule has 0 amide bonds. The highest BCUT2D eigenvalue weighted by Gasteiger charge is 1.94. The molecular formula is C11H18ClN3. The van der Waals surface area contributed by atoms with Crippen molar-refractivity contribution < 1.29 is 0 Å². The summed E-state index contributed by atoms with van der Waals surface area (Å²) in [7, 11) is 0. The van der Waals surface area contributed by atoms with Crippen molar-refractivity contribution in [1.29, 1.82) is 0 Å². The van der Waals surface area contributed by atoms with E-state index >= 15 is 0 Å². The van der Waals surface area contributed by atoms with E-state index in [-0.39, 0.29) is 0 Å². The molecular weight excluding hydrogens is 210 g/mol. The molecule has 0 radical (unpaired) electrons. The van der Waals surface area contributed by atoms with E-state index in [2.05, 4.69) is 15.3 Å². The zero-order valence-corrected chi connectivity index (χ0v) is 9.93. The van der Waals surface area contributed by atoms with E-state index in [1.54, 1.807) is 0 Å². The van der Waals surface area contributed by atoms with E-state index in [1.807, 2.05) is 19.3 Å². The molecule has 0 fully saturated rings. The molecule has 0 saturated carbocycles. The maximum Gasteiger partial charge on any atom is 0.222 e. The predicted molar refractivity (Wildman–Crippen MR) is 64.4 cm³/mol. The lowest BCUT2D eigenvalue weighted by Gasteiger charge is -2.03. The van der Waals surface area contributed by atoms with Gasteiger partial charge in [-0.15, -0.1) is 11.6 Å². The van der Waals surface area contributed by atoms with Gasteiger partial charge >= 0.3 is 0 Å². The average Bonchev–Trinajstić information content (AvgIpc) is 2.26. The van der Waals surface area contributed by atoms with Crippen molar-refractivity contribution in [3.63, 3.8) is 0 Å². The van der Waals surface area contributed by atoms with E-state index in [9.17, 15) is 0 Å². The van der Waals surface area contributed by atoms with Crippen LogP contribution in [-0.2, 0) is 0 Å². The number of hydrogen-bond acceptors (Lipinski definition) is 3. The lowest BCUT2D eigenvalue weighted by atomic mass is 10.2. The smallest absolute Gasteiger partial charge is 0.222 e. The largest absolute Gasteiger partial charge is 0.354 e. The number of rotatable bonds is 7. The first kappa shape index (κ1) is 12.2. The van der Waals surface area contributed by atoms with E-state index in [0.29, 0.717) is 0 Å². The fraction of sp³-hybridized carbons (Fsp3) is 0.636. The number of aromatic nitrogens is 2. The third-order valence-corrected chi connectivity index (χ3v) is 2.39. The van der Waals surface area contributed by atoms with Crippen LogP contribution in [0.4, 0.5) is 5.95 Å². The molecule has 1 aromatic heterocycles. The molecule has 1 N–H and O–H groups in total. The van der Waals surface area contributed by atoms with Crippen LogP contribution in [0, 0.1) is 6.92 Å².